The zero-order chi connectivity index (χ0) is 15.6. The van der Waals surface area contributed by atoms with Crippen LogP contribution in [0.3, 0.4) is 0 Å². The Morgan fingerprint density at radius 3 is 2.27 bits per heavy atom. The Morgan fingerprint density at radius 2 is 1.59 bits per heavy atom. The van der Waals surface area contributed by atoms with Crippen LogP contribution in [0.2, 0.25) is 0 Å². The van der Waals surface area contributed by atoms with Gasteiger partial charge in [-0.3, -0.25) is 0 Å². The highest BCUT2D eigenvalue weighted by Gasteiger charge is 2.20. The fraction of sp³-hybridized carbons (Fsp3) is 0.250. The van der Waals surface area contributed by atoms with E-state index >= 15 is 0 Å². The minimum atomic E-state index is -3.70. The Hall–Kier alpha value is -1.92. The molecule has 0 aromatic heterocycles. The molecular weight excluding hydrogens is 303 g/mol. The molecule has 4 nitrogen and oxygen atoms in total. The lowest BCUT2D eigenvalue weighted by Crippen LogP contribution is -2.43. The molecule has 1 N–H and O–H groups in total. The molecule has 116 valence electrons. The quantitative estimate of drug-likeness (QED) is 0.940. The number of halogens is 1. The third kappa shape index (κ3) is 2.98. The number of hydrogen-bond donors (Lipinski definition) is 1. The van der Waals surface area contributed by atoms with Crippen LogP contribution in [-0.2, 0) is 9.84 Å². The van der Waals surface area contributed by atoms with Gasteiger partial charge in [-0.25, -0.2) is 12.8 Å². The molecule has 0 aliphatic carbocycles. The van der Waals surface area contributed by atoms with Gasteiger partial charge in [-0.05, 0) is 36.4 Å². The largest absolute Gasteiger partial charge is 0.369 e. The predicted octanol–water partition coefficient (Wildman–Crippen LogP) is 2.07. The van der Waals surface area contributed by atoms with E-state index in [1.54, 1.807) is 18.2 Å². The molecule has 0 saturated carbocycles. The summed E-state index contributed by atoms with van der Waals surface area (Å²) in [4.78, 5) is 2.31. The lowest BCUT2D eigenvalue weighted by atomic mass is 10.2. The third-order valence-electron chi connectivity index (χ3n) is 3.72. The van der Waals surface area contributed by atoms with Crippen LogP contribution in [0, 0.1) is 5.82 Å². The van der Waals surface area contributed by atoms with E-state index in [1.165, 1.54) is 18.2 Å². The molecule has 6 heteroatoms. The zero-order valence-electron chi connectivity index (χ0n) is 12.0. The van der Waals surface area contributed by atoms with Gasteiger partial charge >= 0.3 is 0 Å². The van der Waals surface area contributed by atoms with E-state index in [1.807, 2.05) is 6.07 Å². The number of piperazine rings is 1. The van der Waals surface area contributed by atoms with Gasteiger partial charge in [0.05, 0.1) is 9.79 Å². The molecule has 0 spiro atoms. The van der Waals surface area contributed by atoms with Crippen LogP contribution < -0.4 is 10.2 Å². The number of sulfone groups is 1. The molecule has 1 heterocycles. The first-order valence-corrected chi connectivity index (χ1v) is 8.62. The molecule has 2 aromatic carbocycles. The number of anilines is 1. The van der Waals surface area contributed by atoms with Gasteiger partial charge in [-0.15, -0.1) is 0 Å². The van der Waals surface area contributed by atoms with Crippen LogP contribution in [0.25, 0.3) is 0 Å². The van der Waals surface area contributed by atoms with Gasteiger partial charge in [0.2, 0.25) is 9.84 Å². The van der Waals surface area contributed by atoms with Crippen molar-refractivity contribution in [1.82, 2.24) is 5.32 Å². The first-order valence-electron chi connectivity index (χ1n) is 7.14. The van der Waals surface area contributed by atoms with Crippen molar-refractivity contribution >= 4 is 15.5 Å². The van der Waals surface area contributed by atoms with Crippen LogP contribution in [-0.4, -0.2) is 34.6 Å². The van der Waals surface area contributed by atoms with Crippen molar-refractivity contribution < 1.29 is 12.8 Å². The van der Waals surface area contributed by atoms with Gasteiger partial charge in [0.25, 0.3) is 0 Å². The Labute approximate surface area is 129 Å². The molecule has 1 fully saturated rings. The maximum atomic E-state index is 13.3. The normalized spacial score (nSPS) is 15.8. The molecule has 1 saturated heterocycles. The van der Waals surface area contributed by atoms with Crippen LogP contribution in [0.1, 0.15) is 0 Å². The molecular formula is C16H17FN2O2S. The van der Waals surface area contributed by atoms with Crippen molar-refractivity contribution in [2.24, 2.45) is 0 Å². The highest BCUT2D eigenvalue weighted by molar-refractivity contribution is 7.91. The number of nitrogens with one attached hydrogen (secondary N) is 1. The van der Waals surface area contributed by atoms with Gasteiger partial charge in [0, 0.05) is 31.9 Å². The van der Waals surface area contributed by atoms with Crippen LogP contribution >= 0.6 is 0 Å². The fourth-order valence-electron chi connectivity index (χ4n) is 2.54. The minimum Gasteiger partial charge on any atom is -0.369 e. The fourth-order valence-corrected chi connectivity index (χ4v) is 3.87. The van der Waals surface area contributed by atoms with Crippen molar-refractivity contribution in [3.05, 3.63) is 54.3 Å². The Kier molecular flexibility index (Phi) is 4.13. The lowest BCUT2D eigenvalue weighted by molar-refractivity contribution is 0.586. The summed E-state index contributed by atoms with van der Waals surface area (Å²) in [6.45, 7) is 3.43. The van der Waals surface area contributed by atoms with E-state index in [0.717, 1.165) is 37.9 Å². The number of nitrogens with zero attached hydrogens (tertiary/aromatic N) is 1. The summed E-state index contributed by atoms with van der Waals surface area (Å²) in [5.74, 6) is -0.556. The molecule has 2 aromatic rings. The number of hydrogen-bond acceptors (Lipinski definition) is 4. The molecule has 0 atom stereocenters. The van der Waals surface area contributed by atoms with E-state index in [4.69, 9.17) is 0 Å². The van der Waals surface area contributed by atoms with E-state index in [2.05, 4.69) is 10.2 Å². The summed E-state index contributed by atoms with van der Waals surface area (Å²) in [5, 5.41) is 3.26. The topological polar surface area (TPSA) is 49.4 Å². The number of rotatable bonds is 3. The van der Waals surface area contributed by atoms with Crippen molar-refractivity contribution in [3.63, 3.8) is 0 Å². The summed E-state index contributed by atoms with van der Waals surface area (Å²) in [6.07, 6.45) is 0. The summed E-state index contributed by atoms with van der Waals surface area (Å²) >= 11 is 0. The Balaban J connectivity index is 1.97. The van der Waals surface area contributed by atoms with Crippen molar-refractivity contribution in [1.29, 1.82) is 0 Å². The van der Waals surface area contributed by atoms with Crippen LogP contribution in [0.15, 0.2) is 58.3 Å². The average Bonchev–Trinajstić information content (AvgIpc) is 2.56. The minimum absolute atomic E-state index is 0.0232. The lowest BCUT2D eigenvalue weighted by Gasteiger charge is -2.29. The highest BCUT2D eigenvalue weighted by atomic mass is 32.2. The highest BCUT2D eigenvalue weighted by Crippen LogP contribution is 2.25. The van der Waals surface area contributed by atoms with E-state index in [0.29, 0.717) is 0 Å². The Morgan fingerprint density at radius 1 is 0.955 bits per heavy atom. The molecule has 3 rings (SSSR count). The molecule has 1 aliphatic heterocycles. The molecule has 0 amide bonds. The molecule has 0 radical (unpaired) electrons. The molecule has 1 aliphatic rings. The van der Waals surface area contributed by atoms with Gasteiger partial charge in [-0.1, -0.05) is 12.1 Å². The zero-order valence-corrected chi connectivity index (χ0v) is 12.8. The monoisotopic (exact) mass is 320 g/mol. The first kappa shape index (κ1) is 15.0. The summed E-state index contributed by atoms with van der Waals surface area (Å²) in [5.41, 5.74) is 0.874. The summed E-state index contributed by atoms with van der Waals surface area (Å²) in [7, 11) is -3.70. The van der Waals surface area contributed by atoms with Crippen molar-refractivity contribution in [2.45, 2.75) is 9.79 Å². The SMILES string of the molecule is O=S(=O)(c1cccc(F)c1)c1cccc(N2CCNCC2)c1. The number of benzene rings is 2. The van der Waals surface area contributed by atoms with Gasteiger partial charge in [0.1, 0.15) is 5.82 Å². The van der Waals surface area contributed by atoms with E-state index in [-0.39, 0.29) is 9.79 Å². The standard InChI is InChI=1S/C16H17FN2O2S/c17-13-3-1-5-15(11-13)22(20,21)16-6-2-4-14(12-16)19-9-7-18-8-10-19/h1-6,11-12,18H,7-10H2. The van der Waals surface area contributed by atoms with Crippen LogP contribution in [0.4, 0.5) is 10.1 Å². The first-order chi connectivity index (χ1) is 10.6. The second kappa shape index (κ2) is 6.06. The van der Waals surface area contributed by atoms with Crippen molar-refractivity contribution in [3.8, 4) is 0 Å². The van der Waals surface area contributed by atoms with Crippen LogP contribution in [0.5, 0.6) is 0 Å². The van der Waals surface area contributed by atoms with E-state index < -0.39 is 15.7 Å². The summed E-state index contributed by atoms with van der Waals surface area (Å²) in [6, 6.07) is 11.9. The second-order valence-corrected chi connectivity index (χ2v) is 7.14. The third-order valence-corrected chi connectivity index (χ3v) is 5.47. The molecule has 22 heavy (non-hydrogen) atoms. The average molecular weight is 320 g/mol. The molecule has 0 unspecified atom stereocenters. The van der Waals surface area contributed by atoms with Gasteiger partial charge in [-0.2, -0.15) is 0 Å². The van der Waals surface area contributed by atoms with E-state index in [9.17, 15) is 12.8 Å². The second-order valence-electron chi connectivity index (χ2n) is 5.20. The Bertz CT molecular complexity index is 771. The van der Waals surface area contributed by atoms with Gasteiger partial charge in [0.15, 0.2) is 0 Å². The summed E-state index contributed by atoms with van der Waals surface area (Å²) < 4.78 is 38.6. The van der Waals surface area contributed by atoms with Gasteiger partial charge < -0.3 is 10.2 Å². The smallest absolute Gasteiger partial charge is 0.206 e. The maximum absolute atomic E-state index is 13.3. The predicted molar refractivity (Wildman–Crippen MR) is 83.4 cm³/mol. The maximum Gasteiger partial charge on any atom is 0.206 e. The molecule has 0 bridgehead atoms. The van der Waals surface area contributed by atoms with Crippen molar-refractivity contribution in [2.75, 3.05) is 31.1 Å².